The Labute approximate surface area is 77.0 Å². The number of aromatic nitrogens is 2. The van der Waals surface area contributed by atoms with Crippen molar-refractivity contribution in [1.29, 1.82) is 0 Å². The molecule has 70 valence electrons. The Morgan fingerprint density at radius 1 is 1.54 bits per heavy atom. The summed E-state index contributed by atoms with van der Waals surface area (Å²) in [5.41, 5.74) is 0.694. The van der Waals surface area contributed by atoms with Crippen LogP contribution >= 0.6 is 0 Å². The molecule has 0 spiro atoms. The monoisotopic (exact) mass is 180 g/mol. The summed E-state index contributed by atoms with van der Waals surface area (Å²) in [5.74, 6) is 0.371. The van der Waals surface area contributed by atoms with E-state index in [2.05, 4.69) is 9.97 Å². The molecule has 1 unspecified atom stereocenters. The SMILES string of the molecule is COc1cc(C(C)C(C)=O)ncn1. The molecule has 0 aliphatic rings. The number of ketones is 1. The third-order valence-electron chi connectivity index (χ3n) is 1.93. The topological polar surface area (TPSA) is 52.1 Å². The van der Waals surface area contributed by atoms with Crippen molar-refractivity contribution < 1.29 is 9.53 Å². The number of methoxy groups -OCH3 is 1. The minimum Gasteiger partial charge on any atom is -0.481 e. The molecular formula is C9H12N2O2. The molecular weight excluding hydrogens is 168 g/mol. The highest BCUT2D eigenvalue weighted by Gasteiger charge is 2.12. The molecule has 1 aromatic heterocycles. The highest BCUT2D eigenvalue weighted by molar-refractivity contribution is 5.82. The van der Waals surface area contributed by atoms with Crippen LogP contribution in [0.25, 0.3) is 0 Å². The second kappa shape index (κ2) is 3.98. The molecule has 1 heterocycles. The van der Waals surface area contributed by atoms with Crippen LogP contribution in [0.15, 0.2) is 12.4 Å². The molecule has 13 heavy (non-hydrogen) atoms. The van der Waals surface area contributed by atoms with Crippen molar-refractivity contribution in [2.75, 3.05) is 7.11 Å². The first-order valence-corrected chi connectivity index (χ1v) is 4.01. The van der Waals surface area contributed by atoms with E-state index in [0.29, 0.717) is 11.6 Å². The van der Waals surface area contributed by atoms with E-state index in [4.69, 9.17) is 4.74 Å². The minimum atomic E-state index is -0.197. The number of carbonyl (C=O) groups excluding carboxylic acids is 1. The van der Waals surface area contributed by atoms with Gasteiger partial charge in [-0.15, -0.1) is 0 Å². The summed E-state index contributed by atoms with van der Waals surface area (Å²) in [5, 5.41) is 0. The van der Waals surface area contributed by atoms with E-state index in [0.717, 1.165) is 0 Å². The predicted molar refractivity (Wildman–Crippen MR) is 47.7 cm³/mol. The van der Waals surface area contributed by atoms with E-state index < -0.39 is 0 Å². The van der Waals surface area contributed by atoms with Crippen molar-refractivity contribution in [1.82, 2.24) is 9.97 Å². The predicted octanol–water partition coefficient (Wildman–Crippen LogP) is 1.18. The van der Waals surface area contributed by atoms with Gasteiger partial charge >= 0.3 is 0 Å². The van der Waals surface area contributed by atoms with Gasteiger partial charge in [-0.1, -0.05) is 0 Å². The van der Waals surface area contributed by atoms with Crippen molar-refractivity contribution in [3.05, 3.63) is 18.1 Å². The van der Waals surface area contributed by atoms with Gasteiger partial charge in [-0.3, -0.25) is 4.79 Å². The molecule has 0 aromatic carbocycles. The van der Waals surface area contributed by atoms with Crippen molar-refractivity contribution in [2.24, 2.45) is 0 Å². The Balaban J connectivity index is 2.94. The van der Waals surface area contributed by atoms with Gasteiger partial charge in [0, 0.05) is 6.07 Å². The summed E-state index contributed by atoms with van der Waals surface area (Å²) in [6.45, 7) is 3.35. The zero-order valence-corrected chi connectivity index (χ0v) is 7.94. The molecule has 0 N–H and O–H groups in total. The Morgan fingerprint density at radius 2 is 2.23 bits per heavy atom. The molecule has 0 aliphatic carbocycles. The Hall–Kier alpha value is -1.45. The molecule has 0 saturated carbocycles. The minimum absolute atomic E-state index is 0.0840. The number of carbonyl (C=O) groups is 1. The van der Waals surface area contributed by atoms with Gasteiger partial charge in [0.05, 0.1) is 18.7 Å². The fourth-order valence-electron chi connectivity index (χ4n) is 0.910. The average Bonchev–Trinajstić information content (AvgIpc) is 2.16. The summed E-state index contributed by atoms with van der Waals surface area (Å²) in [4.78, 5) is 18.9. The van der Waals surface area contributed by atoms with Crippen LogP contribution in [0.1, 0.15) is 25.5 Å². The van der Waals surface area contributed by atoms with E-state index in [9.17, 15) is 4.79 Å². The van der Waals surface area contributed by atoms with Crippen LogP contribution in [0.5, 0.6) is 5.88 Å². The Bertz CT molecular complexity index is 312. The van der Waals surface area contributed by atoms with Crippen molar-refractivity contribution in [3.63, 3.8) is 0 Å². The quantitative estimate of drug-likeness (QED) is 0.700. The number of hydrogen-bond donors (Lipinski definition) is 0. The third-order valence-corrected chi connectivity index (χ3v) is 1.93. The van der Waals surface area contributed by atoms with Gasteiger partial charge in [-0.25, -0.2) is 9.97 Å². The van der Waals surface area contributed by atoms with Gasteiger partial charge in [0.1, 0.15) is 12.1 Å². The molecule has 0 radical (unpaired) electrons. The smallest absolute Gasteiger partial charge is 0.216 e. The number of rotatable bonds is 3. The third kappa shape index (κ3) is 2.24. The normalized spacial score (nSPS) is 12.2. The zero-order chi connectivity index (χ0) is 9.84. The first kappa shape index (κ1) is 9.64. The van der Waals surface area contributed by atoms with E-state index in [-0.39, 0.29) is 11.7 Å². The summed E-state index contributed by atoms with van der Waals surface area (Å²) in [7, 11) is 1.53. The largest absolute Gasteiger partial charge is 0.481 e. The number of nitrogens with zero attached hydrogens (tertiary/aromatic N) is 2. The highest BCUT2D eigenvalue weighted by Crippen LogP contribution is 2.16. The van der Waals surface area contributed by atoms with Gasteiger partial charge in [0.15, 0.2) is 0 Å². The second-order valence-corrected chi connectivity index (χ2v) is 2.82. The lowest BCUT2D eigenvalue weighted by Crippen LogP contribution is -2.06. The summed E-state index contributed by atoms with van der Waals surface area (Å²) in [6.07, 6.45) is 1.40. The van der Waals surface area contributed by atoms with E-state index >= 15 is 0 Å². The van der Waals surface area contributed by atoms with Gasteiger partial charge in [-0.05, 0) is 13.8 Å². The maximum absolute atomic E-state index is 11.0. The van der Waals surface area contributed by atoms with Gasteiger partial charge in [0.25, 0.3) is 0 Å². The zero-order valence-electron chi connectivity index (χ0n) is 7.94. The Kier molecular flexibility index (Phi) is 2.95. The molecule has 0 fully saturated rings. The highest BCUT2D eigenvalue weighted by atomic mass is 16.5. The summed E-state index contributed by atoms with van der Waals surface area (Å²) in [6, 6.07) is 1.67. The second-order valence-electron chi connectivity index (χ2n) is 2.82. The van der Waals surface area contributed by atoms with E-state index in [1.54, 1.807) is 13.0 Å². The lowest BCUT2D eigenvalue weighted by Gasteiger charge is -2.06. The van der Waals surface area contributed by atoms with Crippen LogP contribution < -0.4 is 4.74 Å². The number of Topliss-reactive ketones (excluding diaryl/α,β-unsaturated/α-hetero) is 1. The lowest BCUT2D eigenvalue weighted by molar-refractivity contribution is -0.118. The van der Waals surface area contributed by atoms with Crippen molar-refractivity contribution >= 4 is 5.78 Å². The van der Waals surface area contributed by atoms with Crippen LogP contribution in [0.2, 0.25) is 0 Å². The molecule has 0 aliphatic heterocycles. The van der Waals surface area contributed by atoms with Gasteiger partial charge in [0.2, 0.25) is 5.88 Å². The van der Waals surface area contributed by atoms with E-state index in [1.807, 2.05) is 6.92 Å². The van der Waals surface area contributed by atoms with Gasteiger partial charge < -0.3 is 4.74 Å². The maximum atomic E-state index is 11.0. The van der Waals surface area contributed by atoms with Crippen LogP contribution in [0.4, 0.5) is 0 Å². The molecule has 1 rings (SSSR count). The number of ether oxygens (including phenoxy) is 1. The molecule has 1 aromatic rings. The molecule has 0 bridgehead atoms. The van der Waals surface area contributed by atoms with Crippen LogP contribution in [0.3, 0.4) is 0 Å². The molecule has 0 saturated heterocycles. The van der Waals surface area contributed by atoms with E-state index in [1.165, 1.54) is 13.4 Å². The van der Waals surface area contributed by atoms with Crippen molar-refractivity contribution in [3.8, 4) is 5.88 Å². The van der Waals surface area contributed by atoms with Crippen LogP contribution in [-0.4, -0.2) is 22.9 Å². The summed E-state index contributed by atoms with van der Waals surface area (Å²) >= 11 is 0. The fraction of sp³-hybridized carbons (Fsp3) is 0.444. The fourth-order valence-corrected chi connectivity index (χ4v) is 0.910. The van der Waals surface area contributed by atoms with Crippen LogP contribution in [-0.2, 0) is 4.79 Å². The molecule has 0 amide bonds. The molecule has 4 nitrogen and oxygen atoms in total. The molecule has 1 atom stereocenters. The Morgan fingerprint density at radius 3 is 2.77 bits per heavy atom. The number of hydrogen-bond acceptors (Lipinski definition) is 4. The standard InChI is InChI=1S/C9H12N2O2/c1-6(7(2)12)8-4-9(13-3)11-5-10-8/h4-6H,1-3H3. The van der Waals surface area contributed by atoms with Crippen LogP contribution in [0, 0.1) is 0 Å². The van der Waals surface area contributed by atoms with Gasteiger partial charge in [-0.2, -0.15) is 0 Å². The maximum Gasteiger partial charge on any atom is 0.216 e. The average molecular weight is 180 g/mol. The summed E-state index contributed by atoms with van der Waals surface area (Å²) < 4.78 is 4.92. The first-order valence-electron chi connectivity index (χ1n) is 4.01. The lowest BCUT2D eigenvalue weighted by atomic mass is 10.0. The first-order chi connectivity index (χ1) is 6.15. The molecule has 4 heteroatoms. The van der Waals surface area contributed by atoms with Crippen molar-refractivity contribution in [2.45, 2.75) is 19.8 Å².